The number of primary amides is 1. The summed E-state index contributed by atoms with van der Waals surface area (Å²) in [6, 6.07) is 7.80. The lowest BCUT2D eigenvalue weighted by Gasteiger charge is -2.29. The number of carbonyl (C=O) groups excluding carboxylic acids is 4. The number of para-hydroxylation sites is 1. The molecule has 7 rings (SSSR count). The second kappa shape index (κ2) is 18.6. The number of imidazole rings is 1. The third-order valence-corrected chi connectivity index (χ3v) is 12.0. The lowest BCUT2D eigenvalue weighted by atomic mass is 9.96. The number of alkyl halides is 1. The Morgan fingerprint density at radius 3 is 2.57 bits per heavy atom. The van der Waals surface area contributed by atoms with Crippen LogP contribution in [0.5, 0.6) is 11.6 Å². The summed E-state index contributed by atoms with van der Waals surface area (Å²) in [4.78, 5) is 68.8. The molecule has 2 aromatic heterocycles. The van der Waals surface area contributed by atoms with Gasteiger partial charge >= 0.3 is 5.69 Å². The van der Waals surface area contributed by atoms with Gasteiger partial charge in [-0.05, 0) is 81.8 Å². The average molecular weight is 826 g/mol. The second-order valence-electron chi connectivity index (χ2n) is 15.8. The Labute approximate surface area is 347 Å². The number of aryl methyl sites for hydroxylation is 2. The van der Waals surface area contributed by atoms with Crippen molar-refractivity contribution < 1.29 is 37.8 Å². The van der Waals surface area contributed by atoms with Crippen molar-refractivity contribution in [3.63, 3.8) is 0 Å². The summed E-state index contributed by atoms with van der Waals surface area (Å²) in [6.45, 7) is 5.80. The van der Waals surface area contributed by atoms with E-state index in [4.69, 9.17) is 19.9 Å². The maximum atomic E-state index is 14.4. The van der Waals surface area contributed by atoms with Gasteiger partial charge in [0.25, 0.3) is 11.8 Å². The van der Waals surface area contributed by atoms with Gasteiger partial charge in [0, 0.05) is 62.0 Å². The molecule has 60 heavy (non-hydrogen) atoms. The van der Waals surface area contributed by atoms with E-state index in [1.54, 1.807) is 29.9 Å². The minimum Gasteiger partial charge on any atom is -0.496 e. The maximum absolute atomic E-state index is 14.4. The van der Waals surface area contributed by atoms with Crippen LogP contribution in [-0.2, 0) is 32.6 Å². The molecule has 4 N–H and O–H groups in total. The summed E-state index contributed by atoms with van der Waals surface area (Å²) in [6.07, 6.45) is 5.18. The van der Waals surface area contributed by atoms with E-state index in [2.05, 4.69) is 32.4 Å². The van der Waals surface area contributed by atoms with Crippen molar-refractivity contribution in [2.45, 2.75) is 76.5 Å². The molecule has 15 nitrogen and oxygen atoms in total. The third-order valence-electron chi connectivity index (χ3n) is 12.0. The number of rotatable bonds is 15. The van der Waals surface area contributed by atoms with E-state index in [0.717, 1.165) is 56.4 Å². The molecule has 0 aliphatic carbocycles. The first kappa shape index (κ1) is 42.3. The highest BCUT2D eigenvalue weighted by atomic mass is 19.1. The molecule has 0 bridgehead atoms. The average Bonchev–Trinajstić information content (AvgIpc) is 3.67. The standard InChI is InChI=1S/C44H52FN7O8/c1-4-29-33(48-42(56)38(29)45)25-60-43-31-23-36(58-3)32(40(46)54)22-30(31)28(24-47-43)12-11-26-15-18-51(19-16-26)17-7-21-59-20-6-9-27-8-5-10-34-39(27)50(2)44(57)52(34)35-13-14-37(53)49-41(35)55/h5,8,10,22-24,26,29,33,35,38H,4,6-7,9,13-21,25H2,1-3H3,(H2,46,54)(H,48,56)(H,49,53,55)/t29-,33+,35?,38-/m0/s1. The fourth-order valence-electron chi connectivity index (χ4n) is 8.70. The van der Waals surface area contributed by atoms with Gasteiger partial charge in [-0.2, -0.15) is 0 Å². The van der Waals surface area contributed by atoms with Crippen molar-refractivity contribution in [1.29, 1.82) is 0 Å². The SMILES string of the molecule is CC[C@@H]1[C@H](F)C(=O)N[C@@H]1COc1ncc(C#CC2CCN(CCCOCCCc3cccc4c3n(C)c(=O)n4C3CCC(=O)NC3=O)CC2)c2cc(C(N)=O)c(OC)cc12. The van der Waals surface area contributed by atoms with Crippen molar-refractivity contribution in [1.82, 2.24) is 29.7 Å². The number of fused-ring (bicyclic) bond motifs is 2. The quantitative estimate of drug-likeness (QED) is 0.0912. The number of halogens is 1. The monoisotopic (exact) mass is 825 g/mol. The number of benzene rings is 2. The topological polar surface area (TPSA) is 189 Å². The molecule has 3 aliphatic heterocycles. The fourth-order valence-corrected chi connectivity index (χ4v) is 8.70. The highest BCUT2D eigenvalue weighted by Gasteiger charge is 2.42. The van der Waals surface area contributed by atoms with Gasteiger partial charge in [-0.15, -0.1) is 0 Å². The zero-order chi connectivity index (χ0) is 42.5. The second-order valence-corrected chi connectivity index (χ2v) is 15.8. The number of hydrogen-bond acceptors (Lipinski definition) is 10. The van der Waals surface area contributed by atoms with Crippen LogP contribution in [-0.4, -0.2) is 101 Å². The predicted octanol–water partition coefficient (Wildman–Crippen LogP) is 3.32. The number of piperidine rings is 2. The number of ether oxygens (including phenoxy) is 3. The molecular weight excluding hydrogens is 774 g/mol. The van der Waals surface area contributed by atoms with Gasteiger partial charge in [-0.1, -0.05) is 30.9 Å². The van der Waals surface area contributed by atoms with Gasteiger partial charge in [-0.25, -0.2) is 14.2 Å². The van der Waals surface area contributed by atoms with Crippen molar-refractivity contribution in [3.05, 3.63) is 63.7 Å². The van der Waals surface area contributed by atoms with E-state index in [0.29, 0.717) is 54.3 Å². The van der Waals surface area contributed by atoms with Crippen molar-refractivity contribution in [3.8, 4) is 23.5 Å². The summed E-state index contributed by atoms with van der Waals surface area (Å²) in [5, 5.41) is 6.21. The van der Waals surface area contributed by atoms with E-state index in [1.165, 1.54) is 11.7 Å². The summed E-state index contributed by atoms with van der Waals surface area (Å²) >= 11 is 0. The fraction of sp³-hybridized carbons (Fsp3) is 0.500. The third kappa shape index (κ3) is 8.87. The number of nitrogens with one attached hydrogen (secondary N) is 2. The number of imide groups is 1. The molecule has 318 valence electrons. The first-order valence-corrected chi connectivity index (χ1v) is 20.7. The first-order chi connectivity index (χ1) is 29.0. The normalized spacial score (nSPS) is 21.2. The van der Waals surface area contributed by atoms with Crippen molar-refractivity contribution in [2.24, 2.45) is 24.6 Å². The molecule has 0 saturated carbocycles. The summed E-state index contributed by atoms with van der Waals surface area (Å²) in [5.41, 5.74) is 8.72. The Bertz CT molecular complexity index is 2410. The van der Waals surface area contributed by atoms with E-state index in [9.17, 15) is 28.4 Å². The molecular formula is C44H52FN7O8. The number of likely N-dealkylation sites (tertiary alicyclic amines) is 1. The number of methoxy groups -OCH3 is 1. The lowest BCUT2D eigenvalue weighted by Crippen LogP contribution is -2.44. The Morgan fingerprint density at radius 1 is 1.05 bits per heavy atom. The molecule has 5 heterocycles. The van der Waals surface area contributed by atoms with E-state index in [-0.39, 0.29) is 47.7 Å². The van der Waals surface area contributed by atoms with Crippen LogP contribution in [0.1, 0.15) is 79.4 Å². The number of amides is 4. The lowest BCUT2D eigenvalue weighted by molar-refractivity contribution is -0.135. The summed E-state index contributed by atoms with van der Waals surface area (Å²) < 4.78 is 35.0. The molecule has 3 fully saturated rings. The van der Waals surface area contributed by atoms with Crippen molar-refractivity contribution in [2.75, 3.05) is 46.6 Å². The van der Waals surface area contributed by atoms with Crippen molar-refractivity contribution >= 4 is 45.4 Å². The number of aromatic nitrogens is 3. The van der Waals surface area contributed by atoms with Gasteiger partial charge in [0.15, 0.2) is 6.17 Å². The maximum Gasteiger partial charge on any atom is 0.329 e. The summed E-state index contributed by atoms with van der Waals surface area (Å²) in [7, 11) is 3.16. The Balaban J connectivity index is 0.893. The molecule has 4 amide bonds. The highest BCUT2D eigenvalue weighted by Crippen LogP contribution is 2.34. The van der Waals surface area contributed by atoms with E-state index in [1.807, 2.05) is 25.1 Å². The van der Waals surface area contributed by atoms with Crippen LogP contribution in [0.25, 0.3) is 21.8 Å². The van der Waals surface area contributed by atoms with Crippen LogP contribution < -0.4 is 31.5 Å². The molecule has 0 spiro atoms. The number of hydrogen-bond donors (Lipinski definition) is 3. The number of nitrogens with zero attached hydrogens (tertiary/aromatic N) is 4. The van der Waals surface area contributed by atoms with Gasteiger partial charge in [0.2, 0.25) is 17.7 Å². The zero-order valence-electron chi connectivity index (χ0n) is 34.3. The van der Waals surface area contributed by atoms with Gasteiger partial charge in [-0.3, -0.25) is 33.6 Å². The molecule has 3 aliphatic rings. The molecule has 3 saturated heterocycles. The number of pyridine rings is 1. The molecule has 16 heteroatoms. The molecule has 2 aromatic carbocycles. The van der Waals surface area contributed by atoms with E-state index < -0.39 is 41.9 Å². The van der Waals surface area contributed by atoms with Crippen LogP contribution in [0.3, 0.4) is 0 Å². The largest absolute Gasteiger partial charge is 0.496 e. The molecule has 4 atom stereocenters. The predicted molar refractivity (Wildman–Crippen MR) is 221 cm³/mol. The smallest absolute Gasteiger partial charge is 0.329 e. The van der Waals surface area contributed by atoms with Crippen LogP contribution >= 0.6 is 0 Å². The molecule has 0 radical (unpaired) electrons. The van der Waals surface area contributed by atoms with Crippen LogP contribution in [0.2, 0.25) is 0 Å². The Morgan fingerprint density at radius 2 is 1.83 bits per heavy atom. The van der Waals surface area contributed by atoms with E-state index >= 15 is 0 Å². The Hall–Kier alpha value is -5.79. The first-order valence-electron chi connectivity index (χ1n) is 20.7. The van der Waals surface area contributed by atoms with Gasteiger partial charge in [0.05, 0.1) is 35.3 Å². The highest BCUT2D eigenvalue weighted by molar-refractivity contribution is 6.03. The van der Waals surface area contributed by atoms with Crippen LogP contribution in [0.4, 0.5) is 4.39 Å². The molecule has 1 unspecified atom stereocenters. The molecule has 4 aromatic rings. The minimum atomic E-state index is -1.59. The van der Waals surface area contributed by atoms with Crippen LogP contribution in [0.15, 0.2) is 41.3 Å². The summed E-state index contributed by atoms with van der Waals surface area (Å²) in [5.74, 6) is 4.84. The zero-order valence-corrected chi connectivity index (χ0v) is 34.3. The number of nitrogens with two attached hydrogens (primary N) is 1. The van der Waals surface area contributed by atoms with Gasteiger partial charge < -0.3 is 30.2 Å². The number of carbonyl (C=O) groups is 4. The minimum absolute atomic E-state index is 0.0240. The Kier molecular flexibility index (Phi) is 13.2. The van der Waals surface area contributed by atoms with Crippen LogP contribution in [0, 0.1) is 23.7 Å². The van der Waals surface area contributed by atoms with Gasteiger partial charge in [0.1, 0.15) is 18.4 Å².